The van der Waals surface area contributed by atoms with Gasteiger partial charge in [0.2, 0.25) is 5.89 Å². The summed E-state index contributed by atoms with van der Waals surface area (Å²) in [7, 11) is 0. The molecular formula is C20H20F2N4O. The molecule has 5 nitrogen and oxygen atoms in total. The van der Waals surface area contributed by atoms with Crippen LogP contribution in [-0.2, 0) is 10.8 Å². The predicted octanol–water partition coefficient (Wildman–Crippen LogP) is 4.40. The molecule has 0 amide bonds. The zero-order valence-electron chi connectivity index (χ0n) is 15.5. The highest BCUT2D eigenvalue weighted by Crippen LogP contribution is 2.59. The van der Waals surface area contributed by atoms with E-state index in [0.717, 1.165) is 36.6 Å². The van der Waals surface area contributed by atoms with Crippen molar-refractivity contribution in [2.75, 3.05) is 0 Å². The molecule has 2 unspecified atom stereocenters. The van der Waals surface area contributed by atoms with Crippen molar-refractivity contribution in [2.24, 2.45) is 0 Å². The van der Waals surface area contributed by atoms with E-state index in [1.165, 1.54) is 12.1 Å². The van der Waals surface area contributed by atoms with Crippen LogP contribution in [0.25, 0.3) is 5.69 Å². The molecule has 2 aliphatic carbocycles. The lowest BCUT2D eigenvalue weighted by atomic mass is 9.81. The minimum atomic E-state index is -0.618. The van der Waals surface area contributed by atoms with Crippen molar-refractivity contribution >= 4 is 0 Å². The van der Waals surface area contributed by atoms with Crippen molar-refractivity contribution in [3.63, 3.8) is 0 Å². The Labute approximate surface area is 155 Å². The monoisotopic (exact) mass is 370 g/mol. The molecule has 5 rings (SSSR count). The standard InChI is InChI=1S/C20H20F2N4O/c1-19(2,3)18-24-17(25-27-18)20-7-6-11(9-20)16-13(20)10-23-26(16)15-5-4-12(21)8-14(15)22/h4-5,8,10-11H,6-7,9H2,1-3H3. The molecule has 2 atom stereocenters. The number of fused-ring (bicyclic) bond motifs is 5. The van der Waals surface area contributed by atoms with Crippen LogP contribution in [0, 0.1) is 11.6 Å². The molecule has 0 saturated heterocycles. The van der Waals surface area contributed by atoms with Crippen LogP contribution < -0.4 is 0 Å². The molecule has 2 bridgehead atoms. The SMILES string of the molecule is CC(C)(C)c1nc(C23CCC(C2)c2c3cnn2-c2ccc(F)cc2F)no1. The highest BCUT2D eigenvalue weighted by atomic mass is 19.1. The fourth-order valence-corrected chi connectivity index (χ4v) is 4.53. The van der Waals surface area contributed by atoms with Crippen molar-refractivity contribution in [3.8, 4) is 5.69 Å². The molecule has 27 heavy (non-hydrogen) atoms. The van der Waals surface area contributed by atoms with Gasteiger partial charge in [0, 0.05) is 23.0 Å². The summed E-state index contributed by atoms with van der Waals surface area (Å²) in [6.07, 6.45) is 4.53. The van der Waals surface area contributed by atoms with Crippen LogP contribution in [-0.4, -0.2) is 19.9 Å². The number of hydrogen-bond acceptors (Lipinski definition) is 4. The van der Waals surface area contributed by atoms with E-state index in [2.05, 4.69) is 10.3 Å². The van der Waals surface area contributed by atoms with E-state index in [-0.39, 0.29) is 22.4 Å². The molecule has 2 aromatic heterocycles. The first kappa shape index (κ1) is 16.6. The van der Waals surface area contributed by atoms with Gasteiger partial charge in [-0.3, -0.25) is 0 Å². The van der Waals surface area contributed by atoms with Crippen molar-refractivity contribution in [2.45, 2.75) is 56.8 Å². The van der Waals surface area contributed by atoms with Gasteiger partial charge in [0.05, 0.1) is 17.3 Å². The second kappa shape index (κ2) is 5.24. The smallest absolute Gasteiger partial charge is 0.232 e. The molecule has 3 aromatic rings. The fourth-order valence-electron chi connectivity index (χ4n) is 4.53. The summed E-state index contributed by atoms with van der Waals surface area (Å²) in [6.45, 7) is 6.11. The third-order valence-electron chi connectivity index (χ3n) is 5.86. The number of nitrogens with zero attached hydrogens (tertiary/aromatic N) is 4. The van der Waals surface area contributed by atoms with Gasteiger partial charge < -0.3 is 4.52 Å². The molecule has 0 N–H and O–H groups in total. The van der Waals surface area contributed by atoms with Crippen LogP contribution in [0.15, 0.2) is 28.9 Å². The molecule has 1 aromatic carbocycles. The lowest BCUT2D eigenvalue weighted by Gasteiger charge is -2.23. The molecule has 2 heterocycles. The maximum atomic E-state index is 14.3. The molecule has 140 valence electrons. The van der Waals surface area contributed by atoms with Gasteiger partial charge in [-0.2, -0.15) is 10.1 Å². The second-order valence-corrected chi connectivity index (χ2v) is 8.65. The molecule has 0 radical (unpaired) electrons. The Hall–Kier alpha value is -2.57. The minimum absolute atomic E-state index is 0.219. The fraction of sp³-hybridized carbons (Fsp3) is 0.450. The average molecular weight is 370 g/mol. The molecular weight excluding hydrogens is 350 g/mol. The van der Waals surface area contributed by atoms with E-state index in [1.54, 1.807) is 10.9 Å². The summed E-state index contributed by atoms with van der Waals surface area (Å²) in [4.78, 5) is 4.70. The average Bonchev–Trinajstić information content (AvgIpc) is 3.35. The van der Waals surface area contributed by atoms with Crippen LogP contribution in [0.3, 0.4) is 0 Å². The Morgan fingerprint density at radius 3 is 2.78 bits per heavy atom. The van der Waals surface area contributed by atoms with E-state index in [0.29, 0.717) is 11.7 Å². The Morgan fingerprint density at radius 2 is 2.07 bits per heavy atom. The number of hydrogen-bond donors (Lipinski definition) is 0. The summed E-state index contributed by atoms with van der Waals surface area (Å²) in [6, 6.07) is 3.58. The van der Waals surface area contributed by atoms with E-state index in [1.807, 2.05) is 20.8 Å². The highest BCUT2D eigenvalue weighted by molar-refractivity contribution is 5.49. The Bertz CT molecular complexity index is 1050. The normalized spacial score (nSPS) is 23.8. The van der Waals surface area contributed by atoms with Gasteiger partial charge in [-0.15, -0.1) is 0 Å². The van der Waals surface area contributed by atoms with Crippen LogP contribution in [0.4, 0.5) is 8.78 Å². The highest BCUT2D eigenvalue weighted by Gasteiger charge is 2.55. The number of aromatic nitrogens is 4. The Morgan fingerprint density at radius 1 is 1.26 bits per heavy atom. The molecule has 1 fully saturated rings. The van der Waals surface area contributed by atoms with Gasteiger partial charge in [0.15, 0.2) is 11.6 Å². The van der Waals surface area contributed by atoms with Crippen molar-refractivity contribution in [1.29, 1.82) is 0 Å². The summed E-state index contributed by atoms with van der Waals surface area (Å²) >= 11 is 0. The van der Waals surface area contributed by atoms with Gasteiger partial charge >= 0.3 is 0 Å². The maximum Gasteiger partial charge on any atom is 0.232 e. The summed E-state index contributed by atoms with van der Waals surface area (Å²) in [5.74, 6) is 0.337. The van der Waals surface area contributed by atoms with Gasteiger partial charge in [-0.25, -0.2) is 13.5 Å². The lowest BCUT2D eigenvalue weighted by molar-refractivity contribution is 0.314. The van der Waals surface area contributed by atoms with Crippen LogP contribution >= 0.6 is 0 Å². The molecule has 7 heteroatoms. The predicted molar refractivity (Wildman–Crippen MR) is 93.9 cm³/mol. The zero-order valence-corrected chi connectivity index (χ0v) is 15.5. The lowest BCUT2D eigenvalue weighted by Crippen LogP contribution is -2.24. The number of halogens is 2. The molecule has 1 saturated carbocycles. The van der Waals surface area contributed by atoms with Crippen molar-refractivity contribution in [3.05, 3.63) is 59.0 Å². The van der Waals surface area contributed by atoms with Crippen molar-refractivity contribution in [1.82, 2.24) is 19.9 Å². The van der Waals surface area contributed by atoms with E-state index < -0.39 is 11.6 Å². The van der Waals surface area contributed by atoms with Crippen LogP contribution in [0.2, 0.25) is 0 Å². The Balaban J connectivity index is 1.63. The molecule has 0 aliphatic heterocycles. The maximum absolute atomic E-state index is 14.3. The quantitative estimate of drug-likeness (QED) is 0.671. The van der Waals surface area contributed by atoms with Crippen molar-refractivity contribution < 1.29 is 13.3 Å². The van der Waals surface area contributed by atoms with Gasteiger partial charge in [-0.05, 0) is 31.4 Å². The topological polar surface area (TPSA) is 56.7 Å². The summed E-state index contributed by atoms with van der Waals surface area (Å²) < 4.78 is 34.8. The Kier molecular flexibility index (Phi) is 3.22. The van der Waals surface area contributed by atoms with Gasteiger partial charge in [-0.1, -0.05) is 25.9 Å². The number of benzene rings is 1. The summed E-state index contributed by atoms with van der Waals surface area (Å²) in [5.41, 5.74) is 1.73. The molecule has 0 spiro atoms. The number of rotatable bonds is 2. The first-order valence-electron chi connectivity index (χ1n) is 9.18. The van der Waals surface area contributed by atoms with E-state index >= 15 is 0 Å². The van der Waals surface area contributed by atoms with Crippen LogP contribution in [0.1, 0.15) is 68.9 Å². The second-order valence-electron chi connectivity index (χ2n) is 8.65. The molecule has 2 aliphatic rings. The first-order valence-corrected chi connectivity index (χ1v) is 9.18. The van der Waals surface area contributed by atoms with E-state index in [4.69, 9.17) is 9.51 Å². The summed E-state index contributed by atoms with van der Waals surface area (Å²) in [5, 5.41) is 8.73. The third kappa shape index (κ3) is 2.23. The third-order valence-corrected chi connectivity index (χ3v) is 5.86. The minimum Gasteiger partial charge on any atom is -0.339 e. The van der Waals surface area contributed by atoms with Crippen LogP contribution in [0.5, 0.6) is 0 Å². The van der Waals surface area contributed by atoms with Gasteiger partial charge in [0.25, 0.3) is 0 Å². The largest absolute Gasteiger partial charge is 0.339 e. The first-order chi connectivity index (χ1) is 12.8. The van der Waals surface area contributed by atoms with E-state index in [9.17, 15) is 8.78 Å². The van der Waals surface area contributed by atoms with Gasteiger partial charge in [0.1, 0.15) is 11.5 Å². The zero-order chi connectivity index (χ0) is 19.0.